The normalized spacial score (nSPS) is 21.9. The smallest absolute Gasteiger partial charge is 0.320 e. The number of esters is 2. The van der Waals surface area contributed by atoms with Crippen molar-refractivity contribution in [3.8, 4) is 6.07 Å². The zero-order valence-electron chi connectivity index (χ0n) is 15.8. The van der Waals surface area contributed by atoms with Gasteiger partial charge in [0.15, 0.2) is 5.92 Å². The minimum Gasteiger partial charge on any atom is -0.469 e. The van der Waals surface area contributed by atoms with Crippen LogP contribution in [0.5, 0.6) is 0 Å². The molecule has 1 aromatic rings. The van der Waals surface area contributed by atoms with Crippen LogP contribution in [0.3, 0.4) is 0 Å². The first-order chi connectivity index (χ1) is 13.6. The molecule has 8 nitrogen and oxygen atoms in total. The van der Waals surface area contributed by atoms with E-state index in [0.717, 1.165) is 5.56 Å². The molecule has 1 aromatic carbocycles. The summed E-state index contributed by atoms with van der Waals surface area (Å²) in [5.74, 6) is -3.32. The first-order valence-electron chi connectivity index (χ1n) is 8.96. The van der Waals surface area contributed by atoms with E-state index in [0.29, 0.717) is 32.2 Å². The van der Waals surface area contributed by atoms with Crippen LogP contribution in [-0.2, 0) is 28.5 Å². The first-order valence-corrected chi connectivity index (χ1v) is 8.96. The van der Waals surface area contributed by atoms with Crippen molar-refractivity contribution in [1.82, 2.24) is 4.90 Å². The van der Waals surface area contributed by atoms with E-state index in [9.17, 15) is 14.9 Å². The molecule has 1 fully saturated rings. The molecule has 1 saturated heterocycles. The van der Waals surface area contributed by atoms with Gasteiger partial charge in [0.1, 0.15) is 12.2 Å². The van der Waals surface area contributed by atoms with E-state index in [4.69, 9.17) is 18.9 Å². The molecule has 8 heteroatoms. The summed E-state index contributed by atoms with van der Waals surface area (Å²) in [6.07, 6.45) is -0.697. The molecule has 0 spiro atoms. The van der Waals surface area contributed by atoms with E-state index in [2.05, 4.69) is 6.07 Å². The Morgan fingerprint density at radius 2 is 1.75 bits per heavy atom. The number of hydrogen-bond acceptors (Lipinski definition) is 8. The highest BCUT2D eigenvalue weighted by Crippen LogP contribution is 2.46. The number of nitrogens with zero attached hydrogens (tertiary/aromatic N) is 2. The number of nitriles is 1. The number of morpholine rings is 1. The van der Waals surface area contributed by atoms with Crippen LogP contribution in [0.1, 0.15) is 11.7 Å². The predicted molar refractivity (Wildman–Crippen MR) is 96.3 cm³/mol. The number of rotatable bonds is 5. The van der Waals surface area contributed by atoms with Crippen LogP contribution in [0.2, 0.25) is 0 Å². The van der Waals surface area contributed by atoms with Gasteiger partial charge in [0.25, 0.3) is 0 Å². The summed E-state index contributed by atoms with van der Waals surface area (Å²) in [6.45, 7) is 2.11. The van der Waals surface area contributed by atoms with Crippen LogP contribution < -0.4 is 0 Å². The van der Waals surface area contributed by atoms with Crippen LogP contribution >= 0.6 is 0 Å². The second-order valence-electron chi connectivity index (χ2n) is 6.43. The monoisotopic (exact) mass is 386 g/mol. The average molecular weight is 386 g/mol. The van der Waals surface area contributed by atoms with E-state index in [1.807, 2.05) is 35.2 Å². The average Bonchev–Trinajstić information content (AvgIpc) is 3.14. The summed E-state index contributed by atoms with van der Waals surface area (Å²) < 4.78 is 21.2. The number of benzene rings is 1. The van der Waals surface area contributed by atoms with E-state index >= 15 is 0 Å². The molecule has 0 bridgehead atoms. The number of carbonyl (C=O) groups is 2. The molecule has 0 aromatic heterocycles. The van der Waals surface area contributed by atoms with Crippen LogP contribution in [0.25, 0.3) is 0 Å². The van der Waals surface area contributed by atoms with E-state index in [-0.39, 0.29) is 5.57 Å². The van der Waals surface area contributed by atoms with Gasteiger partial charge in [-0.3, -0.25) is 9.59 Å². The Balaban J connectivity index is 2.09. The van der Waals surface area contributed by atoms with Gasteiger partial charge in [0.05, 0.1) is 38.9 Å². The molecule has 0 aliphatic carbocycles. The predicted octanol–water partition coefficient (Wildman–Crippen LogP) is 1.40. The zero-order chi connectivity index (χ0) is 20.1. The molecule has 2 aliphatic heterocycles. The maximum absolute atomic E-state index is 12.5. The standard InChI is InChI=1S/C20H22N2O6/c1-25-19(23)16(20(24)26-2)15-14(12-21)18(22-8-10-27-11-9-22)28-17(15)13-6-4-3-5-7-13/h3-7,15-17H,8-11H2,1-2H3. The van der Waals surface area contributed by atoms with Crippen molar-refractivity contribution >= 4 is 11.9 Å². The van der Waals surface area contributed by atoms with Crippen molar-refractivity contribution < 1.29 is 28.5 Å². The zero-order valence-corrected chi connectivity index (χ0v) is 15.8. The Kier molecular flexibility index (Phi) is 6.16. The lowest BCUT2D eigenvalue weighted by Crippen LogP contribution is -2.36. The minimum atomic E-state index is -1.31. The molecule has 2 heterocycles. The van der Waals surface area contributed by atoms with Gasteiger partial charge in [0, 0.05) is 13.1 Å². The molecule has 2 unspecified atom stereocenters. The summed E-state index contributed by atoms with van der Waals surface area (Å²) in [5.41, 5.74) is 0.984. The SMILES string of the molecule is COC(=O)C(C(=O)OC)C1C(C#N)=C(N2CCOCC2)OC1c1ccccc1. The lowest BCUT2D eigenvalue weighted by Gasteiger charge is -2.30. The quantitative estimate of drug-likeness (QED) is 0.553. The Hall–Kier alpha value is -3.05. The number of carbonyl (C=O) groups excluding carboxylic acids is 2. The van der Waals surface area contributed by atoms with Gasteiger partial charge in [-0.1, -0.05) is 30.3 Å². The maximum atomic E-state index is 12.5. The largest absolute Gasteiger partial charge is 0.469 e. The van der Waals surface area contributed by atoms with Gasteiger partial charge in [-0.05, 0) is 5.56 Å². The number of hydrogen-bond donors (Lipinski definition) is 0. The first kappa shape index (κ1) is 19.7. The van der Waals surface area contributed by atoms with Crippen molar-refractivity contribution in [3.05, 3.63) is 47.4 Å². The molecule has 2 aliphatic rings. The highest BCUT2D eigenvalue weighted by atomic mass is 16.5. The van der Waals surface area contributed by atoms with Crippen LogP contribution in [0.4, 0.5) is 0 Å². The highest BCUT2D eigenvalue weighted by Gasteiger charge is 2.51. The van der Waals surface area contributed by atoms with Gasteiger partial charge >= 0.3 is 11.9 Å². The molecule has 0 N–H and O–H groups in total. The second-order valence-corrected chi connectivity index (χ2v) is 6.43. The summed E-state index contributed by atoms with van der Waals surface area (Å²) >= 11 is 0. The van der Waals surface area contributed by atoms with Gasteiger partial charge < -0.3 is 23.8 Å². The van der Waals surface area contributed by atoms with Gasteiger partial charge in [-0.15, -0.1) is 0 Å². The molecular weight excluding hydrogens is 364 g/mol. The fourth-order valence-corrected chi connectivity index (χ4v) is 3.59. The van der Waals surface area contributed by atoms with Crippen molar-refractivity contribution in [2.75, 3.05) is 40.5 Å². The topological polar surface area (TPSA) is 98.1 Å². The van der Waals surface area contributed by atoms with Gasteiger partial charge in [-0.25, -0.2) is 0 Å². The number of methoxy groups -OCH3 is 2. The lowest BCUT2D eigenvalue weighted by atomic mass is 9.80. The molecule has 0 radical (unpaired) electrons. The van der Waals surface area contributed by atoms with Gasteiger partial charge in [-0.2, -0.15) is 5.26 Å². The van der Waals surface area contributed by atoms with E-state index in [1.165, 1.54) is 14.2 Å². The molecule has 2 atom stereocenters. The summed E-state index contributed by atoms with van der Waals surface area (Å²) in [4.78, 5) is 26.9. The van der Waals surface area contributed by atoms with Crippen molar-refractivity contribution in [1.29, 1.82) is 5.26 Å². The maximum Gasteiger partial charge on any atom is 0.320 e. The van der Waals surface area contributed by atoms with Crippen molar-refractivity contribution in [3.63, 3.8) is 0 Å². The Morgan fingerprint density at radius 3 is 2.29 bits per heavy atom. The molecular formula is C20H22N2O6. The minimum absolute atomic E-state index is 0.233. The van der Waals surface area contributed by atoms with Crippen LogP contribution in [0.15, 0.2) is 41.8 Å². The Bertz CT molecular complexity index is 779. The molecule has 0 saturated carbocycles. The van der Waals surface area contributed by atoms with E-state index < -0.39 is 29.9 Å². The van der Waals surface area contributed by atoms with Crippen molar-refractivity contribution in [2.24, 2.45) is 11.8 Å². The molecule has 28 heavy (non-hydrogen) atoms. The van der Waals surface area contributed by atoms with Crippen LogP contribution in [0, 0.1) is 23.2 Å². The third-order valence-electron chi connectivity index (χ3n) is 4.94. The summed E-state index contributed by atoms with van der Waals surface area (Å²) in [5, 5.41) is 9.91. The summed E-state index contributed by atoms with van der Waals surface area (Å²) in [6, 6.07) is 11.3. The number of ether oxygens (including phenoxy) is 4. The van der Waals surface area contributed by atoms with Crippen LogP contribution in [-0.4, -0.2) is 57.4 Å². The fourth-order valence-electron chi connectivity index (χ4n) is 3.59. The van der Waals surface area contributed by atoms with Crippen molar-refractivity contribution in [2.45, 2.75) is 6.10 Å². The molecule has 148 valence electrons. The Labute approximate surface area is 163 Å². The highest BCUT2D eigenvalue weighted by molar-refractivity contribution is 5.96. The molecule has 3 rings (SSSR count). The third-order valence-corrected chi connectivity index (χ3v) is 4.94. The molecule has 0 amide bonds. The lowest BCUT2D eigenvalue weighted by molar-refractivity contribution is -0.162. The second kappa shape index (κ2) is 8.76. The van der Waals surface area contributed by atoms with E-state index in [1.54, 1.807) is 0 Å². The summed E-state index contributed by atoms with van der Waals surface area (Å²) in [7, 11) is 2.40. The third kappa shape index (κ3) is 3.66. The Morgan fingerprint density at radius 1 is 1.14 bits per heavy atom. The fraction of sp³-hybridized carbons (Fsp3) is 0.450. The van der Waals surface area contributed by atoms with Gasteiger partial charge in [0.2, 0.25) is 5.88 Å².